The lowest BCUT2D eigenvalue weighted by atomic mass is 9.87. The summed E-state index contributed by atoms with van der Waals surface area (Å²) < 4.78 is 24.6. The van der Waals surface area contributed by atoms with Gasteiger partial charge in [-0.2, -0.15) is 0 Å². The summed E-state index contributed by atoms with van der Waals surface area (Å²) in [6, 6.07) is 14.3. The number of carbonyl (C=O) groups is 1. The van der Waals surface area contributed by atoms with Gasteiger partial charge in [-0.25, -0.2) is 4.39 Å². The lowest BCUT2D eigenvalue weighted by Gasteiger charge is -2.38. The second kappa shape index (κ2) is 8.77. The first-order chi connectivity index (χ1) is 14.9. The van der Waals surface area contributed by atoms with E-state index in [0.29, 0.717) is 40.1 Å². The van der Waals surface area contributed by atoms with E-state index in [0.717, 1.165) is 16.7 Å². The molecular formula is C24H20Cl2FNO3. The zero-order valence-electron chi connectivity index (χ0n) is 17.0. The maximum atomic E-state index is 13.6. The van der Waals surface area contributed by atoms with Crippen molar-refractivity contribution in [3.63, 3.8) is 0 Å². The molecule has 160 valence electrons. The van der Waals surface area contributed by atoms with Crippen LogP contribution in [0.25, 0.3) is 0 Å². The fourth-order valence-corrected chi connectivity index (χ4v) is 4.54. The van der Waals surface area contributed by atoms with Crippen LogP contribution in [0.1, 0.15) is 33.1 Å². The van der Waals surface area contributed by atoms with E-state index in [1.54, 1.807) is 49.5 Å². The maximum absolute atomic E-state index is 13.6. The Hall–Kier alpha value is -2.76. The Kier molecular flexibility index (Phi) is 6.08. The van der Waals surface area contributed by atoms with Crippen LogP contribution in [0.3, 0.4) is 0 Å². The number of amides is 1. The SMILES string of the molecule is COc1cc2c(cc1OC)[C@@H](c1ccc(F)cc1)N(C(=O)c1cc(Cl)cc(Cl)c1)CC2. The van der Waals surface area contributed by atoms with Crippen LogP contribution in [0, 0.1) is 5.82 Å². The Labute approximate surface area is 190 Å². The zero-order valence-corrected chi connectivity index (χ0v) is 18.5. The van der Waals surface area contributed by atoms with E-state index in [-0.39, 0.29) is 11.7 Å². The molecule has 1 aliphatic heterocycles. The first-order valence-corrected chi connectivity index (χ1v) is 10.4. The molecule has 0 saturated heterocycles. The summed E-state index contributed by atoms with van der Waals surface area (Å²) in [5.74, 6) is 0.639. The summed E-state index contributed by atoms with van der Waals surface area (Å²) in [6.45, 7) is 0.466. The first-order valence-electron chi connectivity index (χ1n) is 9.68. The Morgan fingerprint density at radius 1 is 0.968 bits per heavy atom. The van der Waals surface area contributed by atoms with Crippen molar-refractivity contribution in [1.29, 1.82) is 0 Å². The number of hydrogen-bond donors (Lipinski definition) is 0. The molecule has 0 radical (unpaired) electrons. The number of rotatable bonds is 4. The number of benzene rings is 3. The van der Waals surface area contributed by atoms with Crippen molar-refractivity contribution in [2.75, 3.05) is 20.8 Å². The predicted octanol–water partition coefficient (Wildman–Crippen LogP) is 5.94. The third kappa shape index (κ3) is 4.21. The number of halogens is 3. The van der Waals surface area contributed by atoms with Crippen molar-refractivity contribution in [3.05, 3.63) is 92.7 Å². The molecule has 7 heteroatoms. The van der Waals surface area contributed by atoms with Crippen molar-refractivity contribution >= 4 is 29.1 Å². The second-order valence-electron chi connectivity index (χ2n) is 7.27. The summed E-state index contributed by atoms with van der Waals surface area (Å²) >= 11 is 12.3. The molecule has 0 unspecified atom stereocenters. The van der Waals surface area contributed by atoms with E-state index in [1.165, 1.54) is 12.1 Å². The van der Waals surface area contributed by atoms with Crippen LogP contribution < -0.4 is 9.47 Å². The molecule has 1 heterocycles. The summed E-state index contributed by atoms with van der Waals surface area (Å²) in [4.78, 5) is 15.3. The molecule has 3 aromatic rings. The molecule has 4 rings (SSSR count). The Morgan fingerprint density at radius 2 is 1.58 bits per heavy atom. The van der Waals surface area contributed by atoms with Gasteiger partial charge < -0.3 is 14.4 Å². The monoisotopic (exact) mass is 459 g/mol. The minimum absolute atomic E-state index is 0.209. The zero-order chi connectivity index (χ0) is 22.1. The minimum atomic E-state index is -0.436. The Bertz CT molecular complexity index is 1110. The van der Waals surface area contributed by atoms with Gasteiger partial charge in [0.15, 0.2) is 11.5 Å². The smallest absolute Gasteiger partial charge is 0.254 e. The second-order valence-corrected chi connectivity index (χ2v) is 8.14. The average molecular weight is 460 g/mol. The minimum Gasteiger partial charge on any atom is -0.493 e. The lowest BCUT2D eigenvalue weighted by molar-refractivity contribution is 0.0694. The number of carbonyl (C=O) groups excluding carboxylic acids is 1. The summed E-state index contributed by atoms with van der Waals surface area (Å²) in [5, 5.41) is 0.774. The quantitative estimate of drug-likeness (QED) is 0.484. The summed E-state index contributed by atoms with van der Waals surface area (Å²) in [7, 11) is 3.15. The maximum Gasteiger partial charge on any atom is 0.254 e. The molecule has 1 aliphatic rings. The highest BCUT2D eigenvalue weighted by atomic mass is 35.5. The van der Waals surface area contributed by atoms with Crippen LogP contribution in [0.15, 0.2) is 54.6 Å². The molecule has 0 aliphatic carbocycles. The van der Waals surface area contributed by atoms with Gasteiger partial charge in [0.2, 0.25) is 0 Å². The van der Waals surface area contributed by atoms with Gasteiger partial charge in [-0.3, -0.25) is 4.79 Å². The third-order valence-corrected chi connectivity index (χ3v) is 5.87. The van der Waals surface area contributed by atoms with Crippen LogP contribution in [0.5, 0.6) is 11.5 Å². The van der Waals surface area contributed by atoms with E-state index in [2.05, 4.69) is 0 Å². The summed E-state index contributed by atoms with van der Waals surface area (Å²) in [5.41, 5.74) is 3.13. The average Bonchev–Trinajstić information content (AvgIpc) is 2.76. The fraction of sp³-hybridized carbons (Fsp3) is 0.208. The first kappa shape index (κ1) is 21.5. The largest absolute Gasteiger partial charge is 0.493 e. The standard InChI is InChI=1S/C24H20Cl2FNO3/c1-30-21-11-15-7-8-28(24(29)16-9-17(25)12-18(26)10-16)23(20(15)13-22(21)31-2)14-3-5-19(27)6-4-14/h3-6,9-13,23H,7-8H2,1-2H3/t23-/m1/s1. The van der Waals surface area contributed by atoms with E-state index >= 15 is 0 Å². The van der Waals surface area contributed by atoms with E-state index in [9.17, 15) is 9.18 Å². The normalized spacial score (nSPS) is 15.4. The molecule has 0 fully saturated rings. The Morgan fingerprint density at radius 3 is 2.19 bits per heavy atom. The molecule has 3 aromatic carbocycles. The molecule has 0 bridgehead atoms. The van der Waals surface area contributed by atoms with Crippen molar-refractivity contribution in [2.24, 2.45) is 0 Å². The van der Waals surface area contributed by atoms with Crippen LogP contribution >= 0.6 is 23.2 Å². The van der Waals surface area contributed by atoms with Gasteiger partial charge in [0.25, 0.3) is 5.91 Å². The summed E-state index contributed by atoms with van der Waals surface area (Å²) in [6.07, 6.45) is 0.632. The van der Waals surface area contributed by atoms with E-state index < -0.39 is 6.04 Å². The number of hydrogen-bond acceptors (Lipinski definition) is 3. The number of fused-ring (bicyclic) bond motifs is 1. The lowest BCUT2D eigenvalue weighted by Crippen LogP contribution is -2.40. The van der Waals surface area contributed by atoms with Gasteiger partial charge >= 0.3 is 0 Å². The van der Waals surface area contributed by atoms with E-state index in [1.807, 2.05) is 12.1 Å². The highest BCUT2D eigenvalue weighted by Crippen LogP contribution is 2.41. The molecule has 1 atom stereocenters. The van der Waals surface area contributed by atoms with Crippen molar-refractivity contribution in [1.82, 2.24) is 4.90 Å². The molecule has 1 amide bonds. The van der Waals surface area contributed by atoms with Crippen molar-refractivity contribution < 1.29 is 18.7 Å². The fourth-order valence-electron chi connectivity index (χ4n) is 4.01. The molecular weight excluding hydrogens is 440 g/mol. The molecule has 0 spiro atoms. The third-order valence-electron chi connectivity index (χ3n) is 5.43. The molecule has 31 heavy (non-hydrogen) atoms. The number of ether oxygens (including phenoxy) is 2. The van der Waals surface area contributed by atoms with Gasteiger partial charge in [0.05, 0.1) is 20.3 Å². The van der Waals surface area contributed by atoms with Crippen LogP contribution in [-0.4, -0.2) is 31.6 Å². The van der Waals surface area contributed by atoms with Crippen molar-refractivity contribution in [2.45, 2.75) is 12.5 Å². The van der Waals surface area contributed by atoms with Crippen LogP contribution in [0.2, 0.25) is 10.0 Å². The van der Waals surface area contributed by atoms with Crippen molar-refractivity contribution in [3.8, 4) is 11.5 Å². The molecule has 0 aromatic heterocycles. The van der Waals surface area contributed by atoms with Gasteiger partial charge in [-0.05, 0) is 65.6 Å². The van der Waals surface area contributed by atoms with E-state index in [4.69, 9.17) is 32.7 Å². The molecule has 4 nitrogen and oxygen atoms in total. The van der Waals surface area contributed by atoms with Gasteiger partial charge in [0, 0.05) is 22.2 Å². The van der Waals surface area contributed by atoms with Gasteiger partial charge in [-0.15, -0.1) is 0 Å². The number of methoxy groups -OCH3 is 2. The topological polar surface area (TPSA) is 38.8 Å². The van der Waals surface area contributed by atoms with Gasteiger partial charge in [0.1, 0.15) is 5.82 Å². The van der Waals surface area contributed by atoms with Crippen LogP contribution in [0.4, 0.5) is 4.39 Å². The Balaban J connectivity index is 1.86. The predicted molar refractivity (Wildman–Crippen MR) is 119 cm³/mol. The molecule has 0 saturated carbocycles. The van der Waals surface area contributed by atoms with Gasteiger partial charge in [-0.1, -0.05) is 35.3 Å². The number of nitrogens with zero attached hydrogens (tertiary/aromatic N) is 1. The van der Waals surface area contributed by atoms with Crippen LogP contribution in [-0.2, 0) is 6.42 Å². The highest BCUT2D eigenvalue weighted by molar-refractivity contribution is 6.35. The highest BCUT2D eigenvalue weighted by Gasteiger charge is 2.34. The molecule has 0 N–H and O–H groups in total.